The highest BCUT2D eigenvalue weighted by Crippen LogP contribution is 2.47. The molecule has 1 aliphatic carbocycles. The van der Waals surface area contributed by atoms with Crippen molar-refractivity contribution >= 4 is 11.8 Å². The first-order valence-corrected chi connectivity index (χ1v) is 8.90. The Balaban J connectivity index is 1.66. The second-order valence-electron chi connectivity index (χ2n) is 6.49. The third kappa shape index (κ3) is 2.59. The fourth-order valence-corrected chi connectivity index (χ4v) is 5.74. The van der Waals surface area contributed by atoms with E-state index < -0.39 is 0 Å². The third-order valence-corrected chi connectivity index (χ3v) is 6.55. The Morgan fingerprint density at radius 1 is 1.17 bits per heavy atom. The van der Waals surface area contributed by atoms with Crippen molar-refractivity contribution in [2.24, 2.45) is 23.5 Å². The SMILES string of the molecule is NCC1CCCC1C1CCOC2(CCSCC2)C1. The lowest BCUT2D eigenvalue weighted by Crippen LogP contribution is -2.45. The van der Waals surface area contributed by atoms with E-state index in [1.165, 1.54) is 56.5 Å². The van der Waals surface area contributed by atoms with Gasteiger partial charge in [0.25, 0.3) is 0 Å². The van der Waals surface area contributed by atoms with E-state index in [4.69, 9.17) is 10.5 Å². The largest absolute Gasteiger partial charge is 0.375 e. The number of rotatable bonds is 2. The Hall–Kier alpha value is 0.270. The molecule has 104 valence electrons. The molecule has 2 N–H and O–H groups in total. The van der Waals surface area contributed by atoms with Gasteiger partial charge in [-0.1, -0.05) is 6.42 Å². The Kier molecular flexibility index (Phi) is 4.21. The van der Waals surface area contributed by atoms with Crippen molar-refractivity contribution in [2.45, 2.75) is 50.5 Å². The van der Waals surface area contributed by atoms with E-state index in [1.54, 1.807) is 0 Å². The molecular weight excluding hydrogens is 242 g/mol. The van der Waals surface area contributed by atoms with Crippen molar-refractivity contribution < 1.29 is 4.74 Å². The predicted octanol–water partition coefficient (Wildman–Crippen LogP) is 3.05. The maximum atomic E-state index is 6.22. The summed E-state index contributed by atoms with van der Waals surface area (Å²) in [5, 5.41) is 0. The summed E-state index contributed by atoms with van der Waals surface area (Å²) < 4.78 is 6.22. The maximum Gasteiger partial charge on any atom is 0.0701 e. The van der Waals surface area contributed by atoms with Gasteiger partial charge in [0.15, 0.2) is 0 Å². The summed E-state index contributed by atoms with van der Waals surface area (Å²) in [6.07, 6.45) is 9.40. The molecule has 3 aliphatic rings. The van der Waals surface area contributed by atoms with Crippen molar-refractivity contribution in [2.75, 3.05) is 24.7 Å². The molecule has 0 aromatic carbocycles. The van der Waals surface area contributed by atoms with Crippen LogP contribution in [0.15, 0.2) is 0 Å². The summed E-state index contributed by atoms with van der Waals surface area (Å²) in [6, 6.07) is 0. The first kappa shape index (κ1) is 13.3. The number of hydrogen-bond acceptors (Lipinski definition) is 3. The first-order valence-electron chi connectivity index (χ1n) is 7.75. The molecule has 0 bridgehead atoms. The van der Waals surface area contributed by atoms with Gasteiger partial charge in [0, 0.05) is 6.61 Å². The van der Waals surface area contributed by atoms with Gasteiger partial charge in [-0.05, 0) is 74.3 Å². The van der Waals surface area contributed by atoms with E-state index in [9.17, 15) is 0 Å². The highest BCUT2D eigenvalue weighted by atomic mass is 32.2. The number of thioether (sulfide) groups is 1. The normalized spacial score (nSPS) is 40.2. The summed E-state index contributed by atoms with van der Waals surface area (Å²) >= 11 is 2.10. The lowest BCUT2D eigenvalue weighted by atomic mass is 9.73. The molecule has 0 amide bonds. The molecule has 2 nitrogen and oxygen atoms in total. The number of ether oxygens (including phenoxy) is 1. The minimum Gasteiger partial charge on any atom is -0.375 e. The van der Waals surface area contributed by atoms with Gasteiger partial charge in [-0.15, -0.1) is 0 Å². The van der Waals surface area contributed by atoms with E-state index in [1.807, 2.05) is 0 Å². The monoisotopic (exact) mass is 269 g/mol. The number of hydrogen-bond donors (Lipinski definition) is 1. The first-order chi connectivity index (χ1) is 8.83. The van der Waals surface area contributed by atoms with Crippen LogP contribution < -0.4 is 5.73 Å². The lowest BCUT2D eigenvalue weighted by molar-refractivity contribution is -0.113. The van der Waals surface area contributed by atoms with Gasteiger partial charge in [0.2, 0.25) is 0 Å². The lowest BCUT2D eigenvalue weighted by Gasteiger charge is -2.45. The summed E-state index contributed by atoms with van der Waals surface area (Å²) in [5.74, 6) is 5.22. The van der Waals surface area contributed by atoms with Gasteiger partial charge in [-0.3, -0.25) is 0 Å². The highest BCUT2D eigenvalue weighted by molar-refractivity contribution is 7.99. The van der Waals surface area contributed by atoms with Crippen molar-refractivity contribution in [3.63, 3.8) is 0 Å². The molecular formula is C15H27NOS. The fraction of sp³-hybridized carbons (Fsp3) is 1.00. The predicted molar refractivity (Wildman–Crippen MR) is 77.9 cm³/mol. The van der Waals surface area contributed by atoms with Crippen molar-refractivity contribution in [3.05, 3.63) is 0 Å². The zero-order chi connectivity index (χ0) is 12.4. The maximum absolute atomic E-state index is 6.22. The van der Waals surface area contributed by atoms with Crippen LogP contribution in [0.3, 0.4) is 0 Å². The molecule has 1 saturated carbocycles. The molecule has 2 saturated heterocycles. The molecule has 2 aliphatic heterocycles. The van der Waals surface area contributed by atoms with Crippen molar-refractivity contribution in [1.29, 1.82) is 0 Å². The molecule has 2 heterocycles. The van der Waals surface area contributed by atoms with Crippen LogP contribution in [0.1, 0.15) is 44.9 Å². The molecule has 1 spiro atoms. The molecule has 3 unspecified atom stereocenters. The molecule has 18 heavy (non-hydrogen) atoms. The Morgan fingerprint density at radius 3 is 2.78 bits per heavy atom. The van der Waals surface area contributed by atoms with Crippen LogP contribution >= 0.6 is 11.8 Å². The molecule has 3 atom stereocenters. The summed E-state index contributed by atoms with van der Waals surface area (Å²) in [6.45, 7) is 1.91. The smallest absolute Gasteiger partial charge is 0.0701 e. The van der Waals surface area contributed by atoms with Crippen LogP contribution in [0.4, 0.5) is 0 Å². The number of nitrogens with two attached hydrogens (primary N) is 1. The van der Waals surface area contributed by atoms with Crippen LogP contribution in [-0.4, -0.2) is 30.3 Å². The molecule has 0 radical (unpaired) electrons. The quantitative estimate of drug-likeness (QED) is 0.837. The Bertz CT molecular complexity index is 272. The second kappa shape index (κ2) is 5.72. The molecule has 3 heteroatoms. The van der Waals surface area contributed by atoms with E-state index in [0.29, 0.717) is 0 Å². The van der Waals surface area contributed by atoms with E-state index in [2.05, 4.69) is 11.8 Å². The highest BCUT2D eigenvalue weighted by Gasteiger charge is 2.43. The molecule has 3 fully saturated rings. The molecule has 0 aromatic heterocycles. The zero-order valence-corrected chi connectivity index (χ0v) is 12.2. The van der Waals surface area contributed by atoms with Gasteiger partial charge >= 0.3 is 0 Å². The second-order valence-corrected chi connectivity index (χ2v) is 7.71. The van der Waals surface area contributed by atoms with Crippen LogP contribution in [0, 0.1) is 17.8 Å². The third-order valence-electron chi connectivity index (χ3n) is 5.56. The minimum atomic E-state index is 0.260. The summed E-state index contributed by atoms with van der Waals surface area (Å²) in [4.78, 5) is 0. The zero-order valence-electron chi connectivity index (χ0n) is 11.4. The van der Waals surface area contributed by atoms with Gasteiger partial charge in [-0.2, -0.15) is 11.8 Å². The molecule has 0 aromatic rings. The summed E-state index contributed by atoms with van der Waals surface area (Å²) in [7, 11) is 0. The average Bonchev–Trinajstić information content (AvgIpc) is 2.88. The Labute approximate surface area is 115 Å². The van der Waals surface area contributed by atoms with E-state index in [-0.39, 0.29) is 5.60 Å². The fourth-order valence-electron chi connectivity index (χ4n) is 4.50. The summed E-state index contributed by atoms with van der Waals surface area (Å²) in [5.41, 5.74) is 6.23. The van der Waals surface area contributed by atoms with Crippen molar-refractivity contribution in [1.82, 2.24) is 0 Å². The van der Waals surface area contributed by atoms with Crippen LogP contribution in [0.2, 0.25) is 0 Å². The van der Waals surface area contributed by atoms with Gasteiger partial charge in [0.1, 0.15) is 0 Å². The van der Waals surface area contributed by atoms with Crippen molar-refractivity contribution in [3.8, 4) is 0 Å². The molecule has 3 rings (SSSR count). The Morgan fingerprint density at radius 2 is 2.00 bits per heavy atom. The van der Waals surface area contributed by atoms with Gasteiger partial charge < -0.3 is 10.5 Å². The van der Waals surface area contributed by atoms with E-state index >= 15 is 0 Å². The van der Waals surface area contributed by atoms with Crippen LogP contribution in [0.5, 0.6) is 0 Å². The topological polar surface area (TPSA) is 35.2 Å². The average molecular weight is 269 g/mol. The van der Waals surface area contributed by atoms with Crippen LogP contribution in [0.25, 0.3) is 0 Å². The minimum absolute atomic E-state index is 0.260. The van der Waals surface area contributed by atoms with E-state index in [0.717, 1.165) is 30.9 Å². The standard InChI is InChI=1S/C15H27NOS/c16-11-13-2-1-3-14(13)12-4-7-17-15(10-12)5-8-18-9-6-15/h12-14H,1-11,16H2. The van der Waals surface area contributed by atoms with Gasteiger partial charge in [0.05, 0.1) is 5.60 Å². The van der Waals surface area contributed by atoms with Gasteiger partial charge in [-0.25, -0.2) is 0 Å². The van der Waals surface area contributed by atoms with Crippen LogP contribution in [-0.2, 0) is 4.74 Å².